The number of nitrogens with one attached hydrogen (secondary N) is 1. The van der Waals surface area contributed by atoms with Crippen molar-refractivity contribution in [1.29, 1.82) is 0 Å². The fraction of sp³-hybridized carbons (Fsp3) is 0.600. The van der Waals surface area contributed by atoms with E-state index in [1.54, 1.807) is 7.11 Å². The van der Waals surface area contributed by atoms with Crippen LogP contribution in [-0.4, -0.2) is 19.3 Å². The molecule has 0 amide bonds. The Hall–Kier alpha value is -0.0900. The minimum atomic E-state index is -0.105. The highest BCUT2D eigenvalue weighted by atomic mass is 79.9. The standard InChI is InChI=1S/C15H23BrClNO/c1-5-18-14(8-9-15(2,3)19-4)12-10-11(16)6-7-13(12)17/h6-7,10,14,18H,5,8-9H2,1-4H3. The van der Waals surface area contributed by atoms with Crippen LogP contribution in [0.5, 0.6) is 0 Å². The molecular formula is C15H23BrClNO. The Kier molecular flexibility index (Phi) is 6.81. The second kappa shape index (κ2) is 7.63. The Morgan fingerprint density at radius 2 is 2.11 bits per heavy atom. The first kappa shape index (κ1) is 17.0. The molecule has 0 saturated carbocycles. The van der Waals surface area contributed by atoms with E-state index in [9.17, 15) is 0 Å². The van der Waals surface area contributed by atoms with E-state index in [2.05, 4.69) is 48.1 Å². The van der Waals surface area contributed by atoms with Gasteiger partial charge in [0.05, 0.1) is 5.60 Å². The molecule has 1 N–H and O–H groups in total. The third kappa shape index (κ3) is 5.42. The monoisotopic (exact) mass is 347 g/mol. The van der Waals surface area contributed by atoms with E-state index >= 15 is 0 Å². The van der Waals surface area contributed by atoms with Crippen molar-refractivity contribution in [2.24, 2.45) is 0 Å². The fourth-order valence-corrected chi connectivity index (χ4v) is 2.62. The summed E-state index contributed by atoms with van der Waals surface area (Å²) in [4.78, 5) is 0. The van der Waals surface area contributed by atoms with Gasteiger partial charge < -0.3 is 10.1 Å². The number of ether oxygens (including phenoxy) is 1. The molecule has 0 saturated heterocycles. The molecular weight excluding hydrogens is 326 g/mol. The van der Waals surface area contributed by atoms with Gasteiger partial charge in [-0.05, 0) is 57.0 Å². The van der Waals surface area contributed by atoms with Gasteiger partial charge in [0.15, 0.2) is 0 Å². The average molecular weight is 349 g/mol. The van der Waals surface area contributed by atoms with Crippen molar-refractivity contribution < 1.29 is 4.74 Å². The Morgan fingerprint density at radius 3 is 2.68 bits per heavy atom. The van der Waals surface area contributed by atoms with Gasteiger partial charge in [-0.3, -0.25) is 0 Å². The van der Waals surface area contributed by atoms with Gasteiger partial charge in [-0.25, -0.2) is 0 Å². The molecule has 0 aliphatic heterocycles. The van der Waals surface area contributed by atoms with Crippen LogP contribution in [0.25, 0.3) is 0 Å². The zero-order valence-corrected chi connectivity index (χ0v) is 14.4. The van der Waals surface area contributed by atoms with Crippen molar-refractivity contribution in [2.75, 3.05) is 13.7 Å². The minimum absolute atomic E-state index is 0.105. The Balaban J connectivity index is 2.85. The van der Waals surface area contributed by atoms with Gasteiger partial charge in [0.25, 0.3) is 0 Å². The van der Waals surface area contributed by atoms with E-state index in [1.807, 2.05) is 12.1 Å². The van der Waals surface area contributed by atoms with Gasteiger partial charge in [0.1, 0.15) is 0 Å². The van der Waals surface area contributed by atoms with Gasteiger partial charge in [0, 0.05) is 22.6 Å². The number of benzene rings is 1. The zero-order valence-electron chi connectivity index (χ0n) is 12.1. The van der Waals surface area contributed by atoms with Crippen LogP contribution in [0.2, 0.25) is 5.02 Å². The maximum atomic E-state index is 6.32. The maximum absolute atomic E-state index is 6.32. The molecule has 1 rings (SSSR count). The lowest BCUT2D eigenvalue weighted by atomic mass is 9.95. The van der Waals surface area contributed by atoms with Crippen LogP contribution in [-0.2, 0) is 4.74 Å². The summed E-state index contributed by atoms with van der Waals surface area (Å²) in [6.45, 7) is 7.25. The van der Waals surface area contributed by atoms with E-state index < -0.39 is 0 Å². The van der Waals surface area contributed by atoms with Gasteiger partial charge in [-0.1, -0.05) is 34.5 Å². The van der Waals surface area contributed by atoms with Crippen molar-refractivity contribution in [1.82, 2.24) is 5.32 Å². The van der Waals surface area contributed by atoms with Crippen molar-refractivity contribution >= 4 is 27.5 Å². The fourth-order valence-electron chi connectivity index (χ4n) is 1.99. The SMILES string of the molecule is CCNC(CCC(C)(C)OC)c1cc(Br)ccc1Cl. The van der Waals surface area contributed by atoms with Crippen LogP contribution in [0, 0.1) is 0 Å². The molecule has 108 valence electrons. The van der Waals surface area contributed by atoms with Crippen LogP contribution in [0.4, 0.5) is 0 Å². The van der Waals surface area contributed by atoms with E-state index in [0.717, 1.165) is 34.4 Å². The van der Waals surface area contributed by atoms with Gasteiger partial charge in [-0.15, -0.1) is 0 Å². The number of hydrogen-bond donors (Lipinski definition) is 1. The molecule has 1 unspecified atom stereocenters. The summed E-state index contributed by atoms with van der Waals surface area (Å²) in [5.41, 5.74) is 1.04. The summed E-state index contributed by atoms with van der Waals surface area (Å²) >= 11 is 9.83. The first-order valence-electron chi connectivity index (χ1n) is 6.63. The molecule has 0 spiro atoms. The van der Waals surface area contributed by atoms with E-state index in [4.69, 9.17) is 16.3 Å². The van der Waals surface area contributed by atoms with Crippen molar-refractivity contribution in [3.63, 3.8) is 0 Å². The summed E-state index contributed by atoms with van der Waals surface area (Å²) in [7, 11) is 1.76. The molecule has 0 aromatic heterocycles. The molecule has 0 bridgehead atoms. The number of halogens is 2. The van der Waals surface area contributed by atoms with Crippen LogP contribution in [0.15, 0.2) is 22.7 Å². The Labute approximate surface area is 130 Å². The highest BCUT2D eigenvalue weighted by Gasteiger charge is 2.21. The third-order valence-electron chi connectivity index (χ3n) is 3.37. The molecule has 0 radical (unpaired) electrons. The van der Waals surface area contributed by atoms with Crippen LogP contribution in [0.1, 0.15) is 45.2 Å². The topological polar surface area (TPSA) is 21.3 Å². The normalized spacial score (nSPS) is 13.6. The first-order chi connectivity index (χ1) is 8.89. The molecule has 0 aliphatic carbocycles. The number of methoxy groups -OCH3 is 1. The van der Waals surface area contributed by atoms with Crippen molar-refractivity contribution in [2.45, 2.75) is 45.3 Å². The first-order valence-corrected chi connectivity index (χ1v) is 7.80. The second-order valence-electron chi connectivity index (χ2n) is 5.28. The Bertz CT molecular complexity index is 409. The molecule has 19 heavy (non-hydrogen) atoms. The summed E-state index contributed by atoms with van der Waals surface area (Å²) in [6.07, 6.45) is 1.97. The van der Waals surface area contributed by atoms with Gasteiger partial charge in [-0.2, -0.15) is 0 Å². The Morgan fingerprint density at radius 1 is 1.42 bits per heavy atom. The molecule has 0 aliphatic rings. The van der Waals surface area contributed by atoms with Crippen molar-refractivity contribution in [3.8, 4) is 0 Å². The molecule has 4 heteroatoms. The molecule has 1 atom stereocenters. The molecule has 0 fully saturated rings. The molecule has 0 heterocycles. The molecule has 1 aromatic rings. The lowest BCUT2D eigenvalue weighted by Gasteiger charge is -2.27. The van der Waals surface area contributed by atoms with Gasteiger partial charge >= 0.3 is 0 Å². The highest BCUT2D eigenvalue weighted by molar-refractivity contribution is 9.10. The summed E-state index contributed by atoms with van der Waals surface area (Å²) in [5.74, 6) is 0. The number of hydrogen-bond acceptors (Lipinski definition) is 2. The number of rotatable bonds is 7. The molecule has 1 aromatic carbocycles. The predicted octanol–water partition coefficient (Wildman–Crippen LogP) is 4.96. The van der Waals surface area contributed by atoms with Crippen LogP contribution < -0.4 is 5.32 Å². The van der Waals surface area contributed by atoms with E-state index in [-0.39, 0.29) is 11.6 Å². The van der Waals surface area contributed by atoms with Crippen LogP contribution in [0.3, 0.4) is 0 Å². The van der Waals surface area contributed by atoms with Gasteiger partial charge in [0.2, 0.25) is 0 Å². The van der Waals surface area contributed by atoms with Crippen molar-refractivity contribution in [3.05, 3.63) is 33.3 Å². The summed E-state index contributed by atoms with van der Waals surface area (Å²) in [5, 5.41) is 4.31. The summed E-state index contributed by atoms with van der Waals surface area (Å²) < 4.78 is 6.54. The highest BCUT2D eigenvalue weighted by Crippen LogP contribution is 2.31. The quantitative estimate of drug-likeness (QED) is 0.752. The minimum Gasteiger partial charge on any atom is -0.379 e. The molecule has 2 nitrogen and oxygen atoms in total. The summed E-state index contributed by atoms with van der Waals surface area (Å²) in [6, 6.07) is 6.25. The second-order valence-corrected chi connectivity index (χ2v) is 6.60. The predicted molar refractivity (Wildman–Crippen MR) is 85.9 cm³/mol. The smallest absolute Gasteiger partial charge is 0.0623 e. The average Bonchev–Trinajstić information content (AvgIpc) is 2.37. The lowest BCUT2D eigenvalue weighted by Crippen LogP contribution is -2.27. The van der Waals surface area contributed by atoms with E-state index in [0.29, 0.717) is 0 Å². The maximum Gasteiger partial charge on any atom is 0.0623 e. The third-order valence-corrected chi connectivity index (χ3v) is 4.21. The van der Waals surface area contributed by atoms with Crippen LogP contribution >= 0.6 is 27.5 Å². The van der Waals surface area contributed by atoms with E-state index in [1.165, 1.54) is 0 Å². The zero-order chi connectivity index (χ0) is 14.5. The lowest BCUT2D eigenvalue weighted by molar-refractivity contribution is 0.0117. The largest absolute Gasteiger partial charge is 0.379 e.